The van der Waals surface area contributed by atoms with E-state index >= 15 is 0 Å². The molecule has 0 spiro atoms. The average Bonchev–Trinajstić information content (AvgIpc) is 4.39. The standard InChI is InChI=1S/C75H45N5S2/c1-4-18-46(19-5-1)49-34-39-66-63(40-49)56-38-35-53(79-64-28-14-10-24-54(64)55-25-11-15-29-65(55)79)45-67(56)80(66)72-61(47-20-6-2-7-21-47)41-52(42-62(72)48-22-8-3-9-23-48)75-77-73(50-32-36-59-57-26-12-16-30-68(57)81-70(59)43-50)76-74(78-75)51-33-37-60-58-27-13-17-31-69(58)82-71(60)44-51/h1-45H. The molecule has 0 aliphatic carbocycles. The maximum atomic E-state index is 5.52. The highest BCUT2D eigenvalue weighted by atomic mass is 32.1. The van der Waals surface area contributed by atoms with Crippen LogP contribution in [0.15, 0.2) is 273 Å². The summed E-state index contributed by atoms with van der Waals surface area (Å²) >= 11 is 3.60. The molecular formula is C75H45N5S2. The van der Waals surface area contributed by atoms with Gasteiger partial charge < -0.3 is 9.13 Å². The first-order valence-electron chi connectivity index (χ1n) is 27.6. The van der Waals surface area contributed by atoms with Crippen molar-refractivity contribution >= 4 is 107 Å². The fourth-order valence-corrected chi connectivity index (χ4v) is 14.9. The molecular weight excluding hydrogens is 1030 g/mol. The number of thiophene rings is 2. The topological polar surface area (TPSA) is 48.5 Å². The summed E-state index contributed by atoms with van der Waals surface area (Å²) in [7, 11) is 0. The van der Waals surface area contributed by atoms with Gasteiger partial charge in [-0.15, -0.1) is 22.7 Å². The van der Waals surface area contributed by atoms with Crippen LogP contribution in [0.4, 0.5) is 0 Å². The highest BCUT2D eigenvalue weighted by molar-refractivity contribution is 7.26. The van der Waals surface area contributed by atoms with Crippen LogP contribution in [0, 0.1) is 0 Å². The molecule has 17 aromatic rings. The van der Waals surface area contributed by atoms with Gasteiger partial charge in [0.25, 0.3) is 0 Å². The zero-order valence-corrected chi connectivity index (χ0v) is 45.7. The number of fused-ring (bicyclic) bond motifs is 12. The van der Waals surface area contributed by atoms with E-state index in [2.05, 4.69) is 282 Å². The molecule has 5 aromatic heterocycles. The van der Waals surface area contributed by atoms with Gasteiger partial charge in [0, 0.05) is 95.4 Å². The molecule has 0 saturated heterocycles. The third-order valence-electron chi connectivity index (χ3n) is 16.4. The van der Waals surface area contributed by atoms with Gasteiger partial charge in [-0.2, -0.15) is 0 Å². The molecule has 0 unspecified atom stereocenters. The van der Waals surface area contributed by atoms with Gasteiger partial charge in [0.2, 0.25) is 0 Å². The third-order valence-corrected chi connectivity index (χ3v) is 18.6. The van der Waals surface area contributed by atoms with Gasteiger partial charge in [0.1, 0.15) is 0 Å². The maximum absolute atomic E-state index is 5.52. The number of para-hydroxylation sites is 2. The highest BCUT2D eigenvalue weighted by Gasteiger charge is 2.25. The minimum absolute atomic E-state index is 0.595. The lowest BCUT2D eigenvalue weighted by Crippen LogP contribution is -2.04. The summed E-state index contributed by atoms with van der Waals surface area (Å²) in [6.45, 7) is 0. The first-order chi connectivity index (χ1) is 40.6. The maximum Gasteiger partial charge on any atom is 0.164 e. The predicted octanol–water partition coefficient (Wildman–Crippen LogP) is 20.8. The van der Waals surface area contributed by atoms with Crippen molar-refractivity contribution in [3.63, 3.8) is 0 Å². The fraction of sp³-hybridized carbons (Fsp3) is 0. The first kappa shape index (κ1) is 46.6. The first-order valence-corrected chi connectivity index (χ1v) is 29.3. The Kier molecular flexibility index (Phi) is 10.6. The van der Waals surface area contributed by atoms with E-state index < -0.39 is 0 Å². The van der Waals surface area contributed by atoms with Crippen LogP contribution in [0.2, 0.25) is 0 Å². The molecule has 0 amide bonds. The van der Waals surface area contributed by atoms with Gasteiger partial charge in [0.15, 0.2) is 17.5 Å². The van der Waals surface area contributed by atoms with E-state index in [1.54, 1.807) is 22.7 Å². The molecule has 0 radical (unpaired) electrons. The minimum Gasteiger partial charge on any atom is -0.309 e. The van der Waals surface area contributed by atoms with Crippen LogP contribution in [0.5, 0.6) is 0 Å². The number of benzene rings is 12. The molecule has 0 N–H and O–H groups in total. The molecule has 5 heterocycles. The predicted molar refractivity (Wildman–Crippen MR) is 347 cm³/mol. The molecule has 7 heteroatoms. The average molecular weight is 1080 g/mol. The van der Waals surface area contributed by atoms with Crippen molar-refractivity contribution < 1.29 is 0 Å². The molecule has 382 valence electrons. The van der Waals surface area contributed by atoms with Crippen molar-refractivity contribution in [3.05, 3.63) is 273 Å². The lowest BCUT2D eigenvalue weighted by atomic mass is 9.92. The summed E-state index contributed by atoms with van der Waals surface area (Å²) in [6.07, 6.45) is 0. The van der Waals surface area contributed by atoms with E-state index in [0.29, 0.717) is 17.5 Å². The van der Waals surface area contributed by atoms with Crippen LogP contribution in [0.1, 0.15) is 0 Å². The molecule has 17 rings (SSSR count). The summed E-state index contributed by atoms with van der Waals surface area (Å²) < 4.78 is 9.85. The van der Waals surface area contributed by atoms with Crippen LogP contribution in [0.25, 0.3) is 163 Å². The summed E-state index contributed by atoms with van der Waals surface area (Å²) in [6, 6.07) is 99.1. The molecule has 0 aliphatic heterocycles. The Balaban J connectivity index is 0.954. The van der Waals surface area contributed by atoms with E-state index in [9.17, 15) is 0 Å². The van der Waals surface area contributed by atoms with E-state index in [1.165, 1.54) is 78.7 Å². The Bertz CT molecular complexity index is 5160. The second kappa shape index (κ2) is 18.6. The van der Waals surface area contributed by atoms with Gasteiger partial charge in [0.05, 0.1) is 27.8 Å². The van der Waals surface area contributed by atoms with Crippen molar-refractivity contribution in [1.29, 1.82) is 0 Å². The zero-order valence-electron chi connectivity index (χ0n) is 44.0. The second-order valence-corrected chi connectivity index (χ2v) is 23.2. The fourth-order valence-electron chi connectivity index (χ4n) is 12.6. The normalized spacial score (nSPS) is 11.9. The number of aromatic nitrogens is 5. The van der Waals surface area contributed by atoms with Gasteiger partial charge in [-0.3, -0.25) is 0 Å². The highest BCUT2D eigenvalue weighted by Crippen LogP contribution is 2.46. The molecule has 0 bridgehead atoms. The van der Waals surface area contributed by atoms with E-state index in [-0.39, 0.29) is 0 Å². The molecule has 0 aliphatic rings. The van der Waals surface area contributed by atoms with Crippen molar-refractivity contribution in [2.24, 2.45) is 0 Å². The van der Waals surface area contributed by atoms with Crippen molar-refractivity contribution in [2.45, 2.75) is 0 Å². The number of hydrogen-bond donors (Lipinski definition) is 0. The molecule has 0 atom stereocenters. The molecule has 12 aromatic carbocycles. The van der Waals surface area contributed by atoms with Crippen molar-refractivity contribution in [3.8, 4) is 78.9 Å². The van der Waals surface area contributed by atoms with Crippen LogP contribution in [0.3, 0.4) is 0 Å². The molecule has 0 saturated carbocycles. The quantitative estimate of drug-likeness (QED) is 0.152. The van der Waals surface area contributed by atoms with Gasteiger partial charge in [-0.25, -0.2) is 15.0 Å². The Hall–Kier alpha value is -10.3. The monoisotopic (exact) mass is 1080 g/mol. The third kappa shape index (κ3) is 7.48. The van der Waals surface area contributed by atoms with Crippen molar-refractivity contribution in [2.75, 3.05) is 0 Å². The lowest BCUT2D eigenvalue weighted by molar-refractivity contribution is 1.07. The largest absolute Gasteiger partial charge is 0.309 e. The second-order valence-electron chi connectivity index (χ2n) is 21.1. The Morgan fingerprint density at radius 1 is 0.232 bits per heavy atom. The smallest absolute Gasteiger partial charge is 0.164 e. The van der Waals surface area contributed by atoms with E-state index in [4.69, 9.17) is 15.0 Å². The lowest BCUT2D eigenvalue weighted by Gasteiger charge is -2.21. The summed E-state index contributed by atoms with van der Waals surface area (Å²) in [5.41, 5.74) is 16.0. The summed E-state index contributed by atoms with van der Waals surface area (Å²) in [4.78, 5) is 16.4. The Morgan fingerprint density at radius 2 is 0.646 bits per heavy atom. The molecule has 5 nitrogen and oxygen atoms in total. The number of nitrogens with zero attached hydrogens (tertiary/aromatic N) is 5. The van der Waals surface area contributed by atoms with Crippen molar-refractivity contribution in [1.82, 2.24) is 24.1 Å². The summed E-state index contributed by atoms with van der Waals surface area (Å²) in [5.74, 6) is 1.84. The van der Waals surface area contributed by atoms with Crippen LogP contribution < -0.4 is 0 Å². The summed E-state index contributed by atoms with van der Waals surface area (Å²) in [5, 5.41) is 9.76. The Labute approximate surface area is 479 Å². The zero-order chi connectivity index (χ0) is 53.8. The molecule has 0 fully saturated rings. The SMILES string of the molecule is c1ccc(-c2ccc3c(c2)c2ccc(-n4c5ccccc5c5ccccc54)cc2n3-c2c(-c3ccccc3)cc(-c3nc(-c4ccc5c(c4)sc4ccccc45)nc(-c4ccc5c(c4)sc4ccccc45)n3)cc2-c2ccccc2)cc1. The molecule has 82 heavy (non-hydrogen) atoms. The Morgan fingerprint density at radius 3 is 1.20 bits per heavy atom. The van der Waals surface area contributed by atoms with Crippen LogP contribution in [-0.4, -0.2) is 24.1 Å². The van der Waals surface area contributed by atoms with Gasteiger partial charge in [-0.05, 0) is 95.1 Å². The van der Waals surface area contributed by atoms with Gasteiger partial charge >= 0.3 is 0 Å². The minimum atomic E-state index is 0.595. The van der Waals surface area contributed by atoms with Gasteiger partial charge in [-0.1, -0.05) is 200 Å². The number of hydrogen-bond acceptors (Lipinski definition) is 5. The van der Waals surface area contributed by atoms with E-state index in [0.717, 1.165) is 66.7 Å². The number of rotatable bonds is 8. The van der Waals surface area contributed by atoms with Crippen LogP contribution in [-0.2, 0) is 0 Å². The van der Waals surface area contributed by atoms with E-state index in [1.807, 2.05) is 0 Å². The van der Waals surface area contributed by atoms with Crippen LogP contribution >= 0.6 is 22.7 Å².